The fourth-order valence-electron chi connectivity index (χ4n) is 1.18. The molecule has 0 aromatic heterocycles. The van der Waals surface area contributed by atoms with Crippen LogP contribution < -0.4 is 5.32 Å². The van der Waals surface area contributed by atoms with Crippen molar-refractivity contribution in [2.45, 2.75) is 18.2 Å². The first-order valence-electron chi connectivity index (χ1n) is 5.14. The minimum atomic E-state index is -0.797. The van der Waals surface area contributed by atoms with Gasteiger partial charge in [0, 0.05) is 0 Å². The molecule has 6 heteroatoms. The molecule has 1 aromatic rings. The molecule has 0 saturated carbocycles. The highest BCUT2D eigenvalue weighted by Gasteiger charge is 2.25. The van der Waals surface area contributed by atoms with E-state index in [1.165, 1.54) is 13.2 Å². The Morgan fingerprint density at radius 3 is 2.50 bits per heavy atom. The first-order chi connectivity index (χ1) is 8.25. The maximum Gasteiger partial charge on any atom is 0.340 e. The topological polar surface area (TPSA) is 55.4 Å². The maximum atomic E-state index is 13.1. The highest BCUT2D eigenvalue weighted by atomic mass is 79.9. The van der Waals surface area contributed by atoms with Crippen LogP contribution in [0.15, 0.2) is 18.2 Å². The molecule has 0 spiro atoms. The van der Waals surface area contributed by atoms with Crippen LogP contribution in [0.25, 0.3) is 0 Å². The van der Waals surface area contributed by atoms with Crippen molar-refractivity contribution in [2.24, 2.45) is 0 Å². The largest absolute Gasteiger partial charge is 0.465 e. The van der Waals surface area contributed by atoms with Crippen LogP contribution in [-0.4, -0.2) is 23.3 Å². The number of ether oxygens (including phenoxy) is 1. The predicted octanol–water partition coefficient (Wildman–Crippen LogP) is 2.72. The van der Waals surface area contributed by atoms with Gasteiger partial charge in [-0.3, -0.25) is 4.79 Å². The van der Waals surface area contributed by atoms with E-state index in [0.717, 1.165) is 12.1 Å². The number of esters is 1. The minimum Gasteiger partial charge on any atom is -0.465 e. The Morgan fingerprint density at radius 2 is 2.00 bits per heavy atom. The molecule has 98 valence electrons. The van der Waals surface area contributed by atoms with Crippen molar-refractivity contribution >= 4 is 33.5 Å². The van der Waals surface area contributed by atoms with Gasteiger partial charge in [0.25, 0.3) is 0 Å². The second-order valence-electron chi connectivity index (χ2n) is 4.11. The van der Waals surface area contributed by atoms with E-state index in [1.807, 2.05) is 0 Å². The fraction of sp³-hybridized carbons (Fsp3) is 0.333. The van der Waals surface area contributed by atoms with E-state index in [4.69, 9.17) is 0 Å². The molecule has 0 atom stereocenters. The number of nitrogens with one attached hydrogen (secondary N) is 1. The molecule has 1 aromatic carbocycles. The van der Waals surface area contributed by atoms with Crippen LogP contribution in [0.5, 0.6) is 0 Å². The summed E-state index contributed by atoms with van der Waals surface area (Å²) in [5.74, 6) is -1.64. The molecule has 0 bridgehead atoms. The van der Waals surface area contributed by atoms with Gasteiger partial charge in [-0.1, -0.05) is 15.9 Å². The average Bonchev–Trinajstić information content (AvgIpc) is 2.29. The first kappa shape index (κ1) is 14.6. The third-order valence-corrected chi connectivity index (χ3v) is 2.54. The molecule has 0 aliphatic carbocycles. The minimum absolute atomic E-state index is 0.0254. The Morgan fingerprint density at radius 1 is 1.39 bits per heavy atom. The third-order valence-electron chi connectivity index (χ3n) is 2.18. The molecular formula is C12H13BrFNO3. The smallest absolute Gasteiger partial charge is 0.340 e. The monoisotopic (exact) mass is 317 g/mol. The van der Waals surface area contributed by atoms with Crippen LogP contribution in [0, 0.1) is 5.82 Å². The van der Waals surface area contributed by atoms with E-state index in [-0.39, 0.29) is 17.2 Å². The van der Waals surface area contributed by atoms with Crippen LogP contribution in [0.3, 0.4) is 0 Å². The second-order valence-corrected chi connectivity index (χ2v) is 6.09. The van der Waals surface area contributed by atoms with Gasteiger partial charge in [0.1, 0.15) is 5.82 Å². The fourth-order valence-corrected chi connectivity index (χ4v) is 1.27. The van der Waals surface area contributed by atoms with Gasteiger partial charge in [0.15, 0.2) is 0 Å². The number of amides is 1. The molecule has 18 heavy (non-hydrogen) atoms. The van der Waals surface area contributed by atoms with Crippen LogP contribution in [-0.2, 0) is 9.53 Å². The molecule has 1 rings (SSSR count). The van der Waals surface area contributed by atoms with Crippen LogP contribution in [0.4, 0.5) is 10.1 Å². The van der Waals surface area contributed by atoms with E-state index >= 15 is 0 Å². The maximum absolute atomic E-state index is 13.1. The van der Waals surface area contributed by atoms with E-state index in [0.29, 0.717) is 0 Å². The second kappa shape index (κ2) is 5.48. The number of carbonyl (C=O) groups excluding carboxylic acids is 2. The Balaban J connectivity index is 3.09. The number of hydrogen-bond acceptors (Lipinski definition) is 3. The number of carbonyl (C=O) groups is 2. The van der Waals surface area contributed by atoms with Crippen molar-refractivity contribution < 1.29 is 18.7 Å². The van der Waals surface area contributed by atoms with Gasteiger partial charge in [-0.05, 0) is 32.0 Å². The summed E-state index contributed by atoms with van der Waals surface area (Å²) in [6.45, 7) is 3.31. The summed E-state index contributed by atoms with van der Waals surface area (Å²) in [6, 6.07) is 3.49. The molecule has 0 aliphatic heterocycles. The molecule has 1 amide bonds. The van der Waals surface area contributed by atoms with Gasteiger partial charge < -0.3 is 10.1 Å². The molecule has 1 N–H and O–H groups in total. The van der Waals surface area contributed by atoms with E-state index in [9.17, 15) is 14.0 Å². The lowest BCUT2D eigenvalue weighted by Crippen LogP contribution is -2.31. The van der Waals surface area contributed by atoms with Crippen molar-refractivity contribution in [1.29, 1.82) is 0 Å². The number of halogens is 2. The van der Waals surface area contributed by atoms with Crippen molar-refractivity contribution in [3.05, 3.63) is 29.6 Å². The molecule has 0 radical (unpaired) electrons. The van der Waals surface area contributed by atoms with Crippen molar-refractivity contribution in [1.82, 2.24) is 0 Å². The summed E-state index contributed by atoms with van der Waals surface area (Å²) in [6.07, 6.45) is 0. The highest BCUT2D eigenvalue weighted by molar-refractivity contribution is 9.10. The van der Waals surface area contributed by atoms with Crippen LogP contribution in [0.2, 0.25) is 0 Å². The number of rotatable bonds is 3. The van der Waals surface area contributed by atoms with Gasteiger partial charge in [-0.2, -0.15) is 0 Å². The number of hydrogen-bond donors (Lipinski definition) is 1. The predicted molar refractivity (Wildman–Crippen MR) is 69.4 cm³/mol. The van der Waals surface area contributed by atoms with Gasteiger partial charge in [-0.25, -0.2) is 9.18 Å². The first-order valence-corrected chi connectivity index (χ1v) is 5.93. The summed E-state index contributed by atoms with van der Waals surface area (Å²) >= 11 is 3.19. The quantitative estimate of drug-likeness (QED) is 0.689. The van der Waals surface area contributed by atoms with E-state index in [1.54, 1.807) is 13.8 Å². The SMILES string of the molecule is COC(=O)c1cc(F)ccc1NC(=O)C(C)(C)Br. The molecule has 0 fully saturated rings. The molecule has 0 aliphatic rings. The number of methoxy groups -OCH3 is 1. The van der Waals surface area contributed by atoms with Gasteiger partial charge in [-0.15, -0.1) is 0 Å². The molecular weight excluding hydrogens is 305 g/mol. The number of anilines is 1. The van der Waals surface area contributed by atoms with Gasteiger partial charge >= 0.3 is 5.97 Å². The zero-order valence-electron chi connectivity index (χ0n) is 10.2. The zero-order chi connectivity index (χ0) is 13.9. The van der Waals surface area contributed by atoms with Crippen molar-refractivity contribution in [2.75, 3.05) is 12.4 Å². The Labute approximate surface area is 113 Å². The van der Waals surface area contributed by atoms with E-state index in [2.05, 4.69) is 26.0 Å². The lowest BCUT2D eigenvalue weighted by molar-refractivity contribution is -0.117. The number of alkyl halides is 1. The molecule has 0 saturated heterocycles. The Kier molecular flexibility index (Phi) is 4.45. The summed E-state index contributed by atoms with van der Waals surface area (Å²) in [5, 5.41) is 2.54. The van der Waals surface area contributed by atoms with Gasteiger partial charge in [0.2, 0.25) is 5.91 Å². The molecule has 0 unspecified atom stereocenters. The lowest BCUT2D eigenvalue weighted by Gasteiger charge is -2.17. The average molecular weight is 318 g/mol. The van der Waals surface area contributed by atoms with Crippen molar-refractivity contribution in [3.8, 4) is 0 Å². The summed E-state index contributed by atoms with van der Waals surface area (Å²) in [7, 11) is 1.19. The summed E-state index contributed by atoms with van der Waals surface area (Å²) in [4.78, 5) is 23.2. The van der Waals surface area contributed by atoms with Crippen molar-refractivity contribution in [3.63, 3.8) is 0 Å². The summed E-state index contributed by atoms with van der Waals surface area (Å²) in [5.41, 5.74) is 0.184. The molecule has 4 nitrogen and oxygen atoms in total. The standard InChI is InChI=1S/C12H13BrFNO3/c1-12(2,13)11(17)15-9-5-4-7(14)6-8(9)10(16)18-3/h4-6H,1-3H3,(H,15,17). The number of benzene rings is 1. The lowest BCUT2D eigenvalue weighted by atomic mass is 10.1. The van der Waals surface area contributed by atoms with Crippen LogP contribution >= 0.6 is 15.9 Å². The normalized spacial score (nSPS) is 10.9. The zero-order valence-corrected chi connectivity index (χ0v) is 11.8. The van der Waals surface area contributed by atoms with E-state index < -0.39 is 16.1 Å². The third kappa shape index (κ3) is 3.53. The molecule has 0 heterocycles. The van der Waals surface area contributed by atoms with Crippen LogP contribution in [0.1, 0.15) is 24.2 Å². The highest BCUT2D eigenvalue weighted by Crippen LogP contribution is 2.22. The van der Waals surface area contributed by atoms with Gasteiger partial charge in [0.05, 0.1) is 22.7 Å². The Bertz CT molecular complexity index is 483. The summed E-state index contributed by atoms with van der Waals surface area (Å²) < 4.78 is 16.8. The Hall–Kier alpha value is -1.43.